The number of hydrogen-bond donors (Lipinski definition) is 1. The Morgan fingerprint density at radius 2 is 1.76 bits per heavy atom. The molecule has 0 aromatic rings. The molecule has 124 valence electrons. The van der Waals surface area contributed by atoms with E-state index in [0.29, 0.717) is 23.0 Å². The predicted molar refractivity (Wildman–Crippen MR) is 91.8 cm³/mol. The Morgan fingerprint density at radius 1 is 1.10 bits per heavy atom. The van der Waals surface area contributed by atoms with Crippen molar-refractivity contribution in [2.45, 2.75) is 76.9 Å². The summed E-state index contributed by atoms with van der Waals surface area (Å²) in [5, 5.41) is 3.75. The smallest absolute Gasteiger partial charge is 0.0330 e. The van der Waals surface area contributed by atoms with E-state index >= 15 is 0 Å². The third-order valence-corrected chi connectivity index (χ3v) is 6.17. The second kappa shape index (κ2) is 6.55. The number of rotatable bonds is 6. The molecule has 0 amide bonds. The van der Waals surface area contributed by atoms with Gasteiger partial charge in [-0.3, -0.25) is 0 Å². The van der Waals surface area contributed by atoms with Gasteiger partial charge in [0.25, 0.3) is 0 Å². The minimum Gasteiger partial charge on any atom is -0.313 e. The van der Waals surface area contributed by atoms with Crippen LogP contribution in [-0.2, 0) is 0 Å². The van der Waals surface area contributed by atoms with Crippen LogP contribution in [0.4, 0.5) is 0 Å². The van der Waals surface area contributed by atoms with E-state index in [1.54, 1.807) is 0 Å². The van der Waals surface area contributed by atoms with E-state index < -0.39 is 0 Å². The third kappa shape index (κ3) is 3.80. The minimum absolute atomic E-state index is 0.438. The van der Waals surface area contributed by atoms with Crippen LogP contribution in [0.25, 0.3) is 0 Å². The molecular formula is C18H37N3. The van der Waals surface area contributed by atoms with Crippen molar-refractivity contribution in [2.24, 2.45) is 5.41 Å². The molecule has 21 heavy (non-hydrogen) atoms. The van der Waals surface area contributed by atoms with Crippen LogP contribution in [0.15, 0.2) is 0 Å². The summed E-state index contributed by atoms with van der Waals surface area (Å²) in [5.41, 5.74) is 0.933. The van der Waals surface area contributed by atoms with E-state index in [-0.39, 0.29) is 0 Å². The van der Waals surface area contributed by atoms with Gasteiger partial charge in [-0.25, -0.2) is 0 Å². The van der Waals surface area contributed by atoms with E-state index in [4.69, 9.17) is 0 Å². The maximum absolute atomic E-state index is 3.75. The zero-order chi connectivity index (χ0) is 15.7. The Hall–Kier alpha value is -0.120. The number of likely N-dealkylation sites (N-methyl/N-ethyl adjacent to an activating group) is 3. The van der Waals surface area contributed by atoms with Gasteiger partial charge >= 0.3 is 0 Å². The molecule has 0 aromatic carbocycles. The van der Waals surface area contributed by atoms with Gasteiger partial charge in [0.1, 0.15) is 0 Å². The molecule has 0 bridgehead atoms. The lowest BCUT2D eigenvalue weighted by Crippen LogP contribution is -2.61. The van der Waals surface area contributed by atoms with Crippen LogP contribution in [0.2, 0.25) is 0 Å². The van der Waals surface area contributed by atoms with Crippen molar-refractivity contribution in [1.29, 1.82) is 0 Å². The van der Waals surface area contributed by atoms with Crippen LogP contribution in [0.3, 0.4) is 0 Å². The molecule has 1 N–H and O–H groups in total. The molecule has 0 aliphatic heterocycles. The van der Waals surface area contributed by atoms with Gasteiger partial charge in [0.05, 0.1) is 0 Å². The molecule has 2 saturated carbocycles. The Labute approximate surface area is 132 Å². The highest BCUT2D eigenvalue weighted by Crippen LogP contribution is 2.40. The fourth-order valence-corrected chi connectivity index (χ4v) is 4.43. The monoisotopic (exact) mass is 295 g/mol. The van der Waals surface area contributed by atoms with Crippen molar-refractivity contribution < 1.29 is 0 Å². The van der Waals surface area contributed by atoms with E-state index in [9.17, 15) is 0 Å². The Balaban J connectivity index is 2.04. The number of nitrogens with one attached hydrogen (secondary N) is 1. The van der Waals surface area contributed by atoms with Crippen LogP contribution in [-0.4, -0.2) is 61.7 Å². The van der Waals surface area contributed by atoms with Crippen LogP contribution >= 0.6 is 0 Å². The molecule has 0 aromatic heterocycles. The summed E-state index contributed by atoms with van der Waals surface area (Å²) in [7, 11) is 6.89. The quantitative estimate of drug-likeness (QED) is 0.813. The van der Waals surface area contributed by atoms with Gasteiger partial charge in [0, 0.05) is 24.2 Å². The molecule has 0 spiro atoms. The van der Waals surface area contributed by atoms with Gasteiger partial charge < -0.3 is 15.1 Å². The molecule has 3 heteroatoms. The van der Waals surface area contributed by atoms with Crippen molar-refractivity contribution in [3.63, 3.8) is 0 Å². The Morgan fingerprint density at radius 3 is 2.24 bits per heavy atom. The SMILES string of the molecule is CCNC1CCC(C)(C)CC1N(C)CC1(N(C)C)CCC1. The normalized spacial score (nSPS) is 31.4. The van der Waals surface area contributed by atoms with Crippen LogP contribution < -0.4 is 5.32 Å². The largest absolute Gasteiger partial charge is 0.313 e. The highest BCUT2D eigenvalue weighted by Gasteiger charge is 2.43. The molecule has 0 heterocycles. The lowest BCUT2D eigenvalue weighted by Gasteiger charge is -2.53. The summed E-state index contributed by atoms with van der Waals surface area (Å²) in [6.07, 6.45) is 8.14. The number of hydrogen-bond acceptors (Lipinski definition) is 3. The second-order valence-electron chi connectivity index (χ2n) is 8.53. The van der Waals surface area contributed by atoms with Gasteiger partial charge in [-0.1, -0.05) is 20.8 Å². The fraction of sp³-hybridized carbons (Fsp3) is 1.00. The lowest BCUT2D eigenvalue weighted by molar-refractivity contribution is -0.00643. The molecule has 3 nitrogen and oxygen atoms in total. The van der Waals surface area contributed by atoms with Gasteiger partial charge in [-0.15, -0.1) is 0 Å². The summed E-state index contributed by atoms with van der Waals surface area (Å²) >= 11 is 0. The molecule has 2 unspecified atom stereocenters. The predicted octanol–water partition coefficient (Wildman–Crippen LogP) is 2.96. The maximum Gasteiger partial charge on any atom is 0.0330 e. The van der Waals surface area contributed by atoms with Crippen molar-refractivity contribution >= 4 is 0 Å². The summed E-state index contributed by atoms with van der Waals surface area (Å²) in [5.74, 6) is 0. The van der Waals surface area contributed by atoms with Gasteiger partial charge in [-0.2, -0.15) is 0 Å². The van der Waals surface area contributed by atoms with E-state index in [1.165, 1.54) is 45.1 Å². The molecule has 2 fully saturated rings. The molecular weight excluding hydrogens is 258 g/mol. The maximum atomic E-state index is 3.75. The fourth-order valence-electron chi connectivity index (χ4n) is 4.43. The van der Waals surface area contributed by atoms with Crippen molar-refractivity contribution in [3.05, 3.63) is 0 Å². The molecule has 2 aliphatic rings. The first-order valence-electron chi connectivity index (χ1n) is 8.91. The highest BCUT2D eigenvalue weighted by molar-refractivity contribution is 5.01. The van der Waals surface area contributed by atoms with Gasteiger partial charge in [-0.05, 0) is 71.6 Å². The first kappa shape index (κ1) is 17.2. The van der Waals surface area contributed by atoms with Crippen LogP contribution in [0, 0.1) is 5.41 Å². The van der Waals surface area contributed by atoms with E-state index in [0.717, 1.165) is 6.54 Å². The van der Waals surface area contributed by atoms with Crippen molar-refractivity contribution in [2.75, 3.05) is 34.2 Å². The first-order chi connectivity index (χ1) is 9.80. The van der Waals surface area contributed by atoms with Gasteiger partial charge in [0.15, 0.2) is 0 Å². The minimum atomic E-state index is 0.438. The van der Waals surface area contributed by atoms with Crippen molar-refractivity contribution in [1.82, 2.24) is 15.1 Å². The molecule has 2 aliphatic carbocycles. The van der Waals surface area contributed by atoms with Gasteiger partial charge in [0.2, 0.25) is 0 Å². The van der Waals surface area contributed by atoms with E-state index in [2.05, 4.69) is 57.0 Å². The van der Waals surface area contributed by atoms with Crippen molar-refractivity contribution in [3.8, 4) is 0 Å². The molecule has 0 saturated heterocycles. The zero-order valence-corrected chi connectivity index (χ0v) is 15.2. The zero-order valence-electron chi connectivity index (χ0n) is 15.2. The van der Waals surface area contributed by atoms with Crippen LogP contribution in [0.5, 0.6) is 0 Å². The standard InChI is InChI=1S/C18H37N3/c1-7-19-15-9-12-17(2,3)13-16(15)21(6)14-18(20(4)5)10-8-11-18/h15-16,19H,7-14H2,1-6H3. The topological polar surface area (TPSA) is 18.5 Å². The van der Waals surface area contributed by atoms with Crippen LogP contribution in [0.1, 0.15) is 59.3 Å². The molecule has 2 atom stereocenters. The summed E-state index contributed by atoms with van der Waals surface area (Å²) in [4.78, 5) is 5.15. The Kier molecular flexibility index (Phi) is 5.38. The molecule has 0 radical (unpaired) electrons. The summed E-state index contributed by atoms with van der Waals surface area (Å²) in [6.45, 7) is 9.45. The van der Waals surface area contributed by atoms with E-state index in [1.807, 2.05) is 0 Å². The Bertz CT molecular complexity index is 333. The average molecular weight is 296 g/mol. The highest BCUT2D eigenvalue weighted by atomic mass is 15.3. The second-order valence-corrected chi connectivity index (χ2v) is 8.53. The molecule has 2 rings (SSSR count). The first-order valence-corrected chi connectivity index (χ1v) is 8.91. The summed E-state index contributed by atoms with van der Waals surface area (Å²) < 4.78 is 0. The summed E-state index contributed by atoms with van der Waals surface area (Å²) in [6, 6.07) is 1.36. The average Bonchev–Trinajstić information content (AvgIpc) is 2.35. The number of nitrogens with zero attached hydrogens (tertiary/aromatic N) is 2. The third-order valence-electron chi connectivity index (χ3n) is 6.17. The lowest BCUT2D eigenvalue weighted by atomic mass is 9.71.